The molecule has 2 rings (SSSR count). The number of phosphoric acid groups is 1. The first-order valence-corrected chi connectivity index (χ1v) is 10.9. The van der Waals surface area contributed by atoms with Gasteiger partial charge in [-0.1, -0.05) is 19.4 Å². The molecule has 0 saturated carbocycles. The topological polar surface area (TPSA) is 140 Å². The van der Waals surface area contributed by atoms with Gasteiger partial charge in [-0.3, -0.25) is 9.32 Å². The molecular formula is C20H27N2O7P. The van der Waals surface area contributed by atoms with Gasteiger partial charge in [-0.2, -0.15) is 0 Å². The highest BCUT2D eigenvalue weighted by molar-refractivity contribution is 7.46. The molecule has 0 aromatic heterocycles. The predicted molar refractivity (Wildman–Crippen MR) is 113 cm³/mol. The lowest BCUT2D eigenvalue weighted by atomic mass is 10.0. The lowest BCUT2D eigenvalue weighted by molar-refractivity contribution is -0.121. The van der Waals surface area contributed by atoms with E-state index in [0.717, 1.165) is 18.6 Å². The minimum absolute atomic E-state index is 0.442. The first kappa shape index (κ1) is 23.9. The van der Waals surface area contributed by atoms with E-state index in [1.165, 1.54) is 6.92 Å². The molecule has 0 aliphatic carbocycles. The van der Waals surface area contributed by atoms with E-state index in [-0.39, 0.29) is 0 Å². The van der Waals surface area contributed by atoms with Crippen LogP contribution >= 0.6 is 7.82 Å². The fourth-order valence-electron chi connectivity index (χ4n) is 2.26. The first-order chi connectivity index (χ1) is 14.1. The van der Waals surface area contributed by atoms with Crippen molar-refractivity contribution >= 4 is 19.4 Å². The summed E-state index contributed by atoms with van der Waals surface area (Å²) < 4.78 is 26.6. The van der Waals surface area contributed by atoms with E-state index in [4.69, 9.17) is 25.0 Å². The zero-order chi connectivity index (χ0) is 22.2. The third-order valence-corrected chi connectivity index (χ3v) is 4.44. The Bertz CT molecular complexity index is 881. The van der Waals surface area contributed by atoms with Crippen LogP contribution in [0.15, 0.2) is 48.5 Å². The molecule has 0 saturated heterocycles. The Balaban J connectivity index is 1.94. The number of benzene rings is 2. The molecule has 1 amide bonds. The monoisotopic (exact) mass is 438 g/mol. The van der Waals surface area contributed by atoms with E-state index in [9.17, 15) is 9.36 Å². The van der Waals surface area contributed by atoms with Crippen molar-refractivity contribution in [2.24, 2.45) is 5.73 Å². The molecule has 0 aliphatic heterocycles. The molecule has 30 heavy (non-hydrogen) atoms. The van der Waals surface area contributed by atoms with Crippen LogP contribution in [0.1, 0.15) is 26.7 Å². The molecule has 0 fully saturated rings. The van der Waals surface area contributed by atoms with E-state index in [1.807, 2.05) is 18.2 Å². The molecule has 0 radical (unpaired) electrons. The minimum Gasteiger partial charge on any atom is -0.493 e. The van der Waals surface area contributed by atoms with Crippen molar-refractivity contribution in [2.75, 3.05) is 18.5 Å². The molecule has 10 heteroatoms. The number of amides is 1. The van der Waals surface area contributed by atoms with E-state index in [2.05, 4.69) is 16.8 Å². The van der Waals surface area contributed by atoms with Crippen molar-refractivity contribution in [3.05, 3.63) is 48.5 Å². The fraction of sp³-hybridized carbons (Fsp3) is 0.350. The molecule has 2 aromatic rings. The average molecular weight is 438 g/mol. The van der Waals surface area contributed by atoms with Crippen LogP contribution in [-0.4, -0.2) is 34.4 Å². The number of hydrogen-bond acceptors (Lipinski definition) is 6. The normalized spacial score (nSPS) is 13.4. The van der Waals surface area contributed by atoms with Crippen molar-refractivity contribution < 1.29 is 33.1 Å². The Hall–Kier alpha value is -2.42. The summed E-state index contributed by atoms with van der Waals surface area (Å²) in [6, 6.07) is 13.9. The molecule has 9 nitrogen and oxygen atoms in total. The number of unbranched alkanes of at least 4 members (excludes halogenated alkanes) is 1. The zero-order valence-electron chi connectivity index (χ0n) is 16.9. The van der Waals surface area contributed by atoms with Crippen molar-refractivity contribution in [3.8, 4) is 17.2 Å². The third kappa shape index (κ3) is 8.14. The van der Waals surface area contributed by atoms with E-state index >= 15 is 0 Å². The maximum Gasteiger partial charge on any atom is 0.469 e. The standard InChI is InChI=1S/C20H27N2O7P/c1-3-4-12-27-17-6-5-7-18(13-17)29-16-10-8-15(9-11-16)22-19(23)20(2,21)14-28-30(24,25)26/h5-11,13H,3-4,12,14,21H2,1-2H3,(H,22,23)(H2,24,25,26)/t20-/m0/s1. The number of anilines is 1. The van der Waals surface area contributed by atoms with Gasteiger partial charge < -0.3 is 30.3 Å². The Morgan fingerprint density at radius 2 is 1.80 bits per heavy atom. The Kier molecular flexibility index (Phi) is 8.40. The van der Waals surface area contributed by atoms with E-state index < -0.39 is 25.9 Å². The maximum atomic E-state index is 12.3. The quantitative estimate of drug-likeness (QED) is 0.309. The number of hydrogen-bond donors (Lipinski definition) is 4. The van der Waals surface area contributed by atoms with E-state index in [0.29, 0.717) is 23.8 Å². The third-order valence-electron chi connectivity index (χ3n) is 3.97. The molecule has 164 valence electrons. The molecule has 0 aliphatic rings. The summed E-state index contributed by atoms with van der Waals surface area (Å²) in [4.78, 5) is 29.8. The number of phosphoric ester groups is 1. The molecule has 0 bridgehead atoms. The fourth-order valence-corrected chi connectivity index (χ4v) is 2.70. The van der Waals surface area contributed by atoms with Crippen molar-refractivity contribution in [1.29, 1.82) is 0 Å². The van der Waals surface area contributed by atoms with E-state index in [1.54, 1.807) is 30.3 Å². The summed E-state index contributed by atoms with van der Waals surface area (Å²) in [6.45, 7) is 3.42. The molecule has 2 aromatic carbocycles. The molecule has 0 spiro atoms. The van der Waals surface area contributed by atoms with Gasteiger partial charge in [0.2, 0.25) is 5.91 Å². The SMILES string of the molecule is CCCCOc1cccc(Oc2ccc(NC(=O)[C@@](C)(N)COP(=O)(O)O)cc2)c1. The molecule has 1 atom stereocenters. The van der Waals surface area contributed by atoms with Gasteiger partial charge in [0.1, 0.15) is 22.8 Å². The van der Waals surface area contributed by atoms with Gasteiger partial charge in [0.15, 0.2) is 0 Å². The van der Waals surface area contributed by atoms with Crippen molar-refractivity contribution in [2.45, 2.75) is 32.2 Å². The van der Waals surface area contributed by atoms with Crippen LogP contribution in [-0.2, 0) is 13.9 Å². The van der Waals surface area contributed by atoms with Gasteiger partial charge in [-0.25, -0.2) is 4.57 Å². The summed E-state index contributed by atoms with van der Waals surface area (Å²) in [5.41, 5.74) is 4.60. The number of nitrogens with two attached hydrogens (primary N) is 1. The van der Waals surface area contributed by atoms with Gasteiger partial charge in [0, 0.05) is 11.8 Å². The molecular weight excluding hydrogens is 411 g/mol. The largest absolute Gasteiger partial charge is 0.493 e. The van der Waals surface area contributed by atoms with Gasteiger partial charge in [0.25, 0.3) is 0 Å². The number of ether oxygens (including phenoxy) is 2. The average Bonchev–Trinajstić information content (AvgIpc) is 2.68. The lowest BCUT2D eigenvalue weighted by Gasteiger charge is -2.23. The molecule has 0 heterocycles. The second-order valence-electron chi connectivity index (χ2n) is 6.94. The summed E-state index contributed by atoms with van der Waals surface area (Å²) >= 11 is 0. The van der Waals surface area contributed by atoms with Crippen LogP contribution in [0.5, 0.6) is 17.2 Å². The molecule has 0 unspecified atom stereocenters. The van der Waals surface area contributed by atoms with Crippen LogP contribution in [0.4, 0.5) is 5.69 Å². The second-order valence-corrected chi connectivity index (χ2v) is 8.18. The second kappa shape index (κ2) is 10.6. The number of nitrogens with one attached hydrogen (secondary N) is 1. The van der Waals surface area contributed by atoms with Crippen molar-refractivity contribution in [3.63, 3.8) is 0 Å². The lowest BCUT2D eigenvalue weighted by Crippen LogP contribution is -2.52. The number of carbonyl (C=O) groups excluding carboxylic acids is 1. The number of carbonyl (C=O) groups is 1. The number of rotatable bonds is 11. The van der Waals surface area contributed by atoms with Gasteiger partial charge in [-0.05, 0) is 49.7 Å². The molecule has 5 N–H and O–H groups in total. The van der Waals surface area contributed by atoms with Gasteiger partial charge >= 0.3 is 7.82 Å². The summed E-state index contributed by atoms with van der Waals surface area (Å²) in [6.07, 6.45) is 2.03. The Labute approximate surface area is 175 Å². The predicted octanol–water partition coefficient (Wildman–Crippen LogP) is 3.42. The van der Waals surface area contributed by atoms with Crippen LogP contribution < -0.4 is 20.5 Å². The van der Waals surface area contributed by atoms with Crippen LogP contribution in [0.3, 0.4) is 0 Å². The van der Waals surface area contributed by atoms with Gasteiger partial charge in [-0.15, -0.1) is 0 Å². The summed E-state index contributed by atoms with van der Waals surface area (Å²) in [5, 5.41) is 2.57. The van der Waals surface area contributed by atoms with Crippen molar-refractivity contribution in [1.82, 2.24) is 0 Å². The maximum absolute atomic E-state index is 12.3. The first-order valence-electron chi connectivity index (χ1n) is 9.40. The highest BCUT2D eigenvalue weighted by atomic mass is 31.2. The highest BCUT2D eigenvalue weighted by Gasteiger charge is 2.32. The smallest absolute Gasteiger partial charge is 0.469 e. The summed E-state index contributed by atoms with van der Waals surface area (Å²) in [7, 11) is -4.72. The van der Waals surface area contributed by atoms with Crippen LogP contribution in [0.25, 0.3) is 0 Å². The Morgan fingerprint density at radius 1 is 1.13 bits per heavy atom. The zero-order valence-corrected chi connectivity index (χ0v) is 17.8. The van der Waals surface area contributed by atoms with Crippen LogP contribution in [0, 0.1) is 0 Å². The Morgan fingerprint density at radius 3 is 2.43 bits per heavy atom. The van der Waals surface area contributed by atoms with Gasteiger partial charge in [0.05, 0.1) is 13.2 Å². The summed E-state index contributed by atoms with van der Waals surface area (Å²) in [5.74, 6) is 1.25. The minimum atomic E-state index is -4.72. The highest BCUT2D eigenvalue weighted by Crippen LogP contribution is 2.36. The van der Waals surface area contributed by atoms with Crippen LogP contribution in [0.2, 0.25) is 0 Å².